The summed E-state index contributed by atoms with van der Waals surface area (Å²) in [5, 5.41) is 0. The van der Waals surface area contributed by atoms with Gasteiger partial charge in [-0.25, -0.2) is 0 Å². The quantitative estimate of drug-likeness (QED) is 0.833. The third-order valence-corrected chi connectivity index (χ3v) is 4.86. The maximum absolute atomic E-state index is 6.39. The van der Waals surface area contributed by atoms with E-state index in [2.05, 4.69) is 38.7 Å². The van der Waals surface area contributed by atoms with Crippen LogP contribution in [0.1, 0.15) is 51.7 Å². The van der Waals surface area contributed by atoms with Gasteiger partial charge in [-0.05, 0) is 58.6 Å². The maximum atomic E-state index is 6.39. The van der Waals surface area contributed by atoms with Gasteiger partial charge < -0.3 is 15.0 Å². The number of pyridine rings is 1. The van der Waals surface area contributed by atoms with E-state index < -0.39 is 7.12 Å². The largest absolute Gasteiger partial charge is 0.514 e. The van der Waals surface area contributed by atoms with Crippen molar-refractivity contribution in [2.24, 2.45) is 5.73 Å². The van der Waals surface area contributed by atoms with E-state index in [1.807, 2.05) is 13.1 Å². The Kier molecular flexibility index (Phi) is 2.85. The molecule has 3 rings (SSSR count). The number of nitrogens with zero attached hydrogens (tertiary/aromatic N) is 1. The second kappa shape index (κ2) is 4.06. The zero-order valence-corrected chi connectivity index (χ0v) is 13.0. The SMILES string of the molecule is Cc1cnc(B2OC(C)(C)C(C)(C)O2)c(C2(N)CC2)c1. The molecule has 2 heterocycles. The number of hydrogen-bond donors (Lipinski definition) is 1. The third-order valence-electron chi connectivity index (χ3n) is 4.86. The molecule has 0 bridgehead atoms. The van der Waals surface area contributed by atoms with Crippen LogP contribution in [-0.2, 0) is 14.8 Å². The number of nitrogens with two attached hydrogens (primary N) is 1. The smallest absolute Gasteiger partial charge is 0.398 e. The van der Waals surface area contributed by atoms with Gasteiger partial charge in [0.25, 0.3) is 0 Å². The first-order valence-electron chi connectivity index (χ1n) is 7.26. The molecule has 4 nitrogen and oxygen atoms in total. The predicted octanol–water partition coefficient (Wildman–Crippen LogP) is 1.64. The van der Waals surface area contributed by atoms with Crippen molar-refractivity contribution in [2.45, 2.75) is 64.2 Å². The van der Waals surface area contributed by atoms with E-state index in [0.717, 1.165) is 29.6 Å². The minimum atomic E-state index is -0.434. The van der Waals surface area contributed by atoms with Gasteiger partial charge in [0, 0.05) is 11.7 Å². The molecule has 0 amide bonds. The number of rotatable bonds is 2. The molecular weight excluding hydrogens is 251 g/mol. The van der Waals surface area contributed by atoms with Crippen LogP contribution in [-0.4, -0.2) is 23.3 Å². The molecule has 5 heteroatoms. The number of hydrogen-bond acceptors (Lipinski definition) is 4. The molecule has 0 radical (unpaired) electrons. The topological polar surface area (TPSA) is 57.4 Å². The normalized spacial score (nSPS) is 25.8. The highest BCUT2D eigenvalue weighted by atomic mass is 16.7. The molecule has 2 fully saturated rings. The summed E-state index contributed by atoms with van der Waals surface area (Å²) in [7, 11) is -0.434. The highest BCUT2D eigenvalue weighted by molar-refractivity contribution is 6.61. The van der Waals surface area contributed by atoms with Crippen molar-refractivity contribution in [2.75, 3.05) is 0 Å². The highest BCUT2D eigenvalue weighted by Gasteiger charge is 2.54. The van der Waals surface area contributed by atoms with E-state index in [1.54, 1.807) is 0 Å². The van der Waals surface area contributed by atoms with Gasteiger partial charge in [-0.15, -0.1) is 0 Å². The van der Waals surface area contributed by atoms with Crippen LogP contribution in [0, 0.1) is 6.92 Å². The molecule has 1 saturated heterocycles. The fourth-order valence-corrected chi connectivity index (χ4v) is 2.53. The molecule has 0 unspecified atom stereocenters. The summed E-state index contributed by atoms with van der Waals surface area (Å²) in [6, 6.07) is 2.13. The number of aromatic nitrogens is 1. The standard InChI is InChI=1S/C15H23BN2O2/c1-10-8-11(15(17)6-7-15)12(18-9-10)16-19-13(2,3)14(4,5)20-16/h8-9H,6-7,17H2,1-5H3. The van der Waals surface area contributed by atoms with Crippen LogP contribution >= 0.6 is 0 Å². The Balaban J connectivity index is 2.00. The zero-order valence-electron chi connectivity index (χ0n) is 13.0. The highest BCUT2D eigenvalue weighted by Crippen LogP contribution is 2.43. The summed E-state index contributed by atoms with van der Waals surface area (Å²) < 4.78 is 12.2. The molecule has 0 atom stereocenters. The van der Waals surface area contributed by atoms with Crippen LogP contribution in [0.2, 0.25) is 0 Å². The first-order valence-corrected chi connectivity index (χ1v) is 7.26. The summed E-state index contributed by atoms with van der Waals surface area (Å²) in [5.74, 6) is 0. The van der Waals surface area contributed by atoms with Crippen molar-refractivity contribution >= 4 is 12.7 Å². The Morgan fingerprint density at radius 1 is 1.15 bits per heavy atom. The van der Waals surface area contributed by atoms with Gasteiger partial charge in [0.05, 0.1) is 16.8 Å². The Morgan fingerprint density at radius 2 is 1.70 bits per heavy atom. The lowest BCUT2D eigenvalue weighted by Crippen LogP contribution is -2.42. The summed E-state index contributed by atoms with van der Waals surface area (Å²) >= 11 is 0. The van der Waals surface area contributed by atoms with Crippen LogP contribution in [0.25, 0.3) is 0 Å². The first-order chi connectivity index (χ1) is 9.15. The van der Waals surface area contributed by atoms with Gasteiger partial charge in [-0.1, -0.05) is 6.07 Å². The van der Waals surface area contributed by atoms with Crippen molar-refractivity contribution in [3.63, 3.8) is 0 Å². The Labute approximate surface area is 121 Å². The summed E-state index contributed by atoms with van der Waals surface area (Å²) in [5.41, 5.74) is 8.49. The molecule has 1 saturated carbocycles. The van der Waals surface area contributed by atoms with E-state index in [-0.39, 0.29) is 16.7 Å². The molecule has 1 aromatic heterocycles. The average Bonchev–Trinajstić information content (AvgIpc) is 3.02. The van der Waals surface area contributed by atoms with E-state index in [4.69, 9.17) is 15.0 Å². The molecule has 20 heavy (non-hydrogen) atoms. The van der Waals surface area contributed by atoms with Gasteiger partial charge in [-0.2, -0.15) is 0 Å². The predicted molar refractivity (Wildman–Crippen MR) is 79.8 cm³/mol. The van der Waals surface area contributed by atoms with Gasteiger partial charge in [0.2, 0.25) is 0 Å². The maximum Gasteiger partial charge on any atom is 0.514 e. The van der Waals surface area contributed by atoms with E-state index in [9.17, 15) is 0 Å². The molecule has 2 N–H and O–H groups in total. The summed E-state index contributed by atoms with van der Waals surface area (Å²) in [6.45, 7) is 10.2. The lowest BCUT2D eigenvalue weighted by molar-refractivity contribution is 0.00578. The Hall–Kier alpha value is -0.905. The fraction of sp³-hybridized carbons (Fsp3) is 0.667. The molecule has 0 spiro atoms. The van der Waals surface area contributed by atoms with Crippen molar-refractivity contribution < 1.29 is 9.31 Å². The molecule has 0 aromatic carbocycles. The van der Waals surface area contributed by atoms with Crippen molar-refractivity contribution in [3.8, 4) is 0 Å². The summed E-state index contributed by atoms with van der Waals surface area (Å²) in [4.78, 5) is 4.57. The van der Waals surface area contributed by atoms with E-state index in [0.29, 0.717) is 0 Å². The van der Waals surface area contributed by atoms with Gasteiger partial charge >= 0.3 is 7.12 Å². The monoisotopic (exact) mass is 274 g/mol. The molecule has 108 valence electrons. The van der Waals surface area contributed by atoms with E-state index in [1.165, 1.54) is 0 Å². The van der Waals surface area contributed by atoms with Crippen molar-refractivity contribution in [3.05, 3.63) is 23.4 Å². The minimum Gasteiger partial charge on any atom is -0.398 e. The van der Waals surface area contributed by atoms with Crippen molar-refractivity contribution in [1.82, 2.24) is 4.98 Å². The van der Waals surface area contributed by atoms with Crippen LogP contribution in [0.15, 0.2) is 12.3 Å². The zero-order chi connectivity index (χ0) is 14.8. The average molecular weight is 274 g/mol. The van der Waals surface area contributed by atoms with Gasteiger partial charge in [0.1, 0.15) is 0 Å². The van der Waals surface area contributed by atoms with Crippen molar-refractivity contribution in [1.29, 1.82) is 0 Å². The second-order valence-electron chi connectivity index (χ2n) is 7.19. The number of aryl methyl sites for hydroxylation is 1. The first kappa shape index (κ1) is 14.0. The second-order valence-corrected chi connectivity index (χ2v) is 7.19. The van der Waals surface area contributed by atoms with Gasteiger partial charge in [0.15, 0.2) is 0 Å². The fourth-order valence-electron chi connectivity index (χ4n) is 2.53. The molecule has 1 aliphatic heterocycles. The Morgan fingerprint density at radius 3 is 2.20 bits per heavy atom. The van der Waals surface area contributed by atoms with Crippen LogP contribution in [0.3, 0.4) is 0 Å². The summed E-state index contributed by atoms with van der Waals surface area (Å²) in [6.07, 6.45) is 3.87. The Bertz CT molecular complexity index is 537. The third kappa shape index (κ3) is 2.08. The van der Waals surface area contributed by atoms with Crippen LogP contribution in [0.5, 0.6) is 0 Å². The molecule has 1 aliphatic carbocycles. The minimum absolute atomic E-state index is 0.238. The molecule has 1 aromatic rings. The molecular formula is C15H23BN2O2. The van der Waals surface area contributed by atoms with E-state index >= 15 is 0 Å². The lowest BCUT2D eigenvalue weighted by Gasteiger charge is -2.32. The molecule has 2 aliphatic rings. The lowest BCUT2D eigenvalue weighted by atomic mass is 9.78. The van der Waals surface area contributed by atoms with Gasteiger partial charge in [-0.3, -0.25) is 4.98 Å². The van der Waals surface area contributed by atoms with Crippen LogP contribution < -0.4 is 11.3 Å². The van der Waals surface area contributed by atoms with Crippen LogP contribution in [0.4, 0.5) is 0 Å².